The van der Waals surface area contributed by atoms with E-state index in [-0.39, 0.29) is 11.5 Å². The molecule has 0 N–H and O–H groups in total. The standard InChI is InChI=1S/C14H17BrFNO2/c1-17(8-9-5-10(15)6-9)14(18)12-4-3-11(19-2)7-13(12)16/h3-4,7,9-10H,5-6,8H2,1-2H3. The number of halogens is 2. The van der Waals surface area contributed by atoms with E-state index in [1.165, 1.54) is 19.2 Å². The highest BCUT2D eigenvalue weighted by atomic mass is 79.9. The minimum atomic E-state index is -0.539. The molecule has 0 aromatic heterocycles. The van der Waals surface area contributed by atoms with Crippen LogP contribution in [0.4, 0.5) is 4.39 Å². The topological polar surface area (TPSA) is 29.5 Å². The summed E-state index contributed by atoms with van der Waals surface area (Å²) >= 11 is 3.52. The molecule has 19 heavy (non-hydrogen) atoms. The Balaban J connectivity index is 2.02. The molecule has 2 rings (SSSR count). The molecule has 1 aromatic carbocycles. The molecule has 1 fully saturated rings. The first kappa shape index (κ1) is 14.3. The normalized spacial score (nSPS) is 21.7. The fraction of sp³-hybridized carbons (Fsp3) is 0.500. The molecule has 0 unspecified atom stereocenters. The lowest BCUT2D eigenvalue weighted by molar-refractivity contribution is 0.0744. The molecule has 1 saturated carbocycles. The van der Waals surface area contributed by atoms with E-state index in [1.807, 2.05) is 0 Å². The molecule has 0 bridgehead atoms. The number of carbonyl (C=O) groups excluding carboxylic acids is 1. The SMILES string of the molecule is COc1ccc(C(=O)N(C)CC2CC(Br)C2)c(F)c1. The van der Waals surface area contributed by atoms with Gasteiger partial charge < -0.3 is 9.64 Å². The number of nitrogens with zero attached hydrogens (tertiary/aromatic N) is 1. The van der Waals surface area contributed by atoms with Crippen LogP contribution in [0.15, 0.2) is 18.2 Å². The van der Waals surface area contributed by atoms with E-state index in [9.17, 15) is 9.18 Å². The zero-order chi connectivity index (χ0) is 14.0. The van der Waals surface area contributed by atoms with Crippen molar-refractivity contribution in [3.05, 3.63) is 29.6 Å². The van der Waals surface area contributed by atoms with E-state index in [4.69, 9.17) is 4.74 Å². The number of benzene rings is 1. The maximum atomic E-state index is 13.8. The number of hydrogen-bond acceptors (Lipinski definition) is 2. The first-order chi connectivity index (χ1) is 9.01. The molecule has 0 atom stereocenters. The van der Waals surface area contributed by atoms with Crippen LogP contribution in [-0.2, 0) is 0 Å². The Bertz CT molecular complexity index is 475. The third-order valence-corrected chi connectivity index (χ3v) is 4.21. The Morgan fingerprint density at radius 3 is 2.74 bits per heavy atom. The molecule has 1 amide bonds. The van der Waals surface area contributed by atoms with Crippen LogP contribution >= 0.6 is 15.9 Å². The Morgan fingerprint density at radius 2 is 2.21 bits per heavy atom. The summed E-state index contributed by atoms with van der Waals surface area (Å²) in [4.78, 5) is 14.3. The number of ether oxygens (including phenoxy) is 1. The smallest absolute Gasteiger partial charge is 0.256 e. The molecular formula is C14H17BrFNO2. The highest BCUT2D eigenvalue weighted by Crippen LogP contribution is 2.33. The van der Waals surface area contributed by atoms with E-state index in [0.717, 1.165) is 12.8 Å². The van der Waals surface area contributed by atoms with Gasteiger partial charge in [0.15, 0.2) is 0 Å². The summed E-state index contributed by atoms with van der Waals surface area (Å²) in [6.45, 7) is 0.673. The van der Waals surface area contributed by atoms with Crippen molar-refractivity contribution in [3.63, 3.8) is 0 Å². The fourth-order valence-electron chi connectivity index (χ4n) is 2.28. The zero-order valence-corrected chi connectivity index (χ0v) is 12.6. The largest absolute Gasteiger partial charge is 0.497 e. The summed E-state index contributed by atoms with van der Waals surface area (Å²) in [7, 11) is 3.18. The Hall–Kier alpha value is -1.10. The average Bonchev–Trinajstić information content (AvgIpc) is 2.35. The molecule has 3 nitrogen and oxygen atoms in total. The van der Waals surface area contributed by atoms with Crippen LogP contribution in [0.3, 0.4) is 0 Å². The number of alkyl halides is 1. The zero-order valence-electron chi connectivity index (χ0n) is 11.0. The second-order valence-corrected chi connectivity index (χ2v) is 6.26. The van der Waals surface area contributed by atoms with Crippen molar-refractivity contribution in [3.8, 4) is 5.75 Å². The van der Waals surface area contributed by atoms with Gasteiger partial charge in [-0.3, -0.25) is 4.79 Å². The van der Waals surface area contributed by atoms with Gasteiger partial charge in [-0.25, -0.2) is 4.39 Å². The summed E-state index contributed by atoms with van der Waals surface area (Å²) in [5.41, 5.74) is 0.0954. The first-order valence-electron chi connectivity index (χ1n) is 6.24. The second kappa shape index (κ2) is 5.90. The number of hydrogen-bond donors (Lipinski definition) is 0. The molecule has 104 valence electrons. The lowest BCUT2D eigenvalue weighted by Gasteiger charge is -2.34. The number of methoxy groups -OCH3 is 1. The van der Waals surface area contributed by atoms with Crippen molar-refractivity contribution in [2.75, 3.05) is 20.7 Å². The van der Waals surface area contributed by atoms with Crippen LogP contribution in [0.1, 0.15) is 23.2 Å². The first-order valence-corrected chi connectivity index (χ1v) is 7.16. The predicted octanol–water partition coefficient (Wildman–Crippen LogP) is 3.08. The van der Waals surface area contributed by atoms with Crippen LogP contribution < -0.4 is 4.74 Å². The summed E-state index contributed by atoms with van der Waals surface area (Å²) in [6, 6.07) is 4.31. The number of rotatable bonds is 4. The molecule has 0 heterocycles. The maximum absolute atomic E-state index is 13.8. The Morgan fingerprint density at radius 1 is 1.53 bits per heavy atom. The van der Waals surface area contributed by atoms with E-state index < -0.39 is 5.82 Å². The van der Waals surface area contributed by atoms with Gasteiger partial charge in [0.05, 0.1) is 12.7 Å². The van der Waals surface area contributed by atoms with Gasteiger partial charge in [-0.15, -0.1) is 0 Å². The minimum Gasteiger partial charge on any atom is -0.497 e. The molecule has 5 heteroatoms. The van der Waals surface area contributed by atoms with Crippen LogP contribution in [0, 0.1) is 11.7 Å². The van der Waals surface area contributed by atoms with E-state index in [2.05, 4.69) is 15.9 Å². The van der Waals surface area contributed by atoms with Gasteiger partial charge >= 0.3 is 0 Å². The van der Waals surface area contributed by atoms with Gasteiger partial charge in [-0.1, -0.05) is 15.9 Å². The molecule has 1 aliphatic carbocycles. The van der Waals surface area contributed by atoms with Crippen LogP contribution in [0.25, 0.3) is 0 Å². The fourth-order valence-corrected chi connectivity index (χ4v) is 3.33. The molecule has 0 saturated heterocycles. The molecule has 1 aromatic rings. The minimum absolute atomic E-state index is 0.0954. The van der Waals surface area contributed by atoms with Crippen LogP contribution in [0.5, 0.6) is 5.75 Å². The summed E-state index contributed by atoms with van der Waals surface area (Å²) in [5, 5.41) is 0. The van der Waals surface area contributed by atoms with Crippen molar-refractivity contribution in [2.45, 2.75) is 17.7 Å². The van der Waals surface area contributed by atoms with Crippen molar-refractivity contribution >= 4 is 21.8 Å². The molecular weight excluding hydrogens is 313 g/mol. The number of amides is 1. The summed E-state index contributed by atoms with van der Waals surface area (Å²) < 4.78 is 18.7. The van der Waals surface area contributed by atoms with E-state index in [1.54, 1.807) is 18.0 Å². The average molecular weight is 330 g/mol. The van der Waals surface area contributed by atoms with Gasteiger partial charge in [0.2, 0.25) is 0 Å². The van der Waals surface area contributed by atoms with Crippen LogP contribution in [-0.4, -0.2) is 36.3 Å². The molecule has 1 aliphatic rings. The maximum Gasteiger partial charge on any atom is 0.256 e. The van der Waals surface area contributed by atoms with Gasteiger partial charge in [0.25, 0.3) is 5.91 Å². The van der Waals surface area contributed by atoms with Gasteiger partial charge in [0.1, 0.15) is 11.6 Å². The summed E-state index contributed by atoms with van der Waals surface area (Å²) in [6.07, 6.45) is 2.14. The molecule has 0 spiro atoms. The third-order valence-electron chi connectivity index (χ3n) is 3.46. The van der Waals surface area contributed by atoms with Crippen molar-refractivity contribution < 1.29 is 13.9 Å². The highest BCUT2D eigenvalue weighted by molar-refractivity contribution is 9.09. The Labute approximate surface area is 120 Å². The van der Waals surface area contributed by atoms with Gasteiger partial charge in [-0.2, -0.15) is 0 Å². The van der Waals surface area contributed by atoms with Gasteiger partial charge in [0, 0.05) is 24.5 Å². The lowest BCUT2D eigenvalue weighted by Crippen LogP contribution is -2.38. The van der Waals surface area contributed by atoms with Gasteiger partial charge in [-0.05, 0) is 30.9 Å². The second-order valence-electron chi connectivity index (χ2n) is 4.97. The number of carbonyl (C=O) groups is 1. The molecule has 0 radical (unpaired) electrons. The summed E-state index contributed by atoms with van der Waals surface area (Å²) in [5.74, 6) is 0.110. The van der Waals surface area contributed by atoms with Crippen molar-refractivity contribution in [1.29, 1.82) is 0 Å². The quantitative estimate of drug-likeness (QED) is 0.794. The van der Waals surface area contributed by atoms with E-state index in [0.29, 0.717) is 23.0 Å². The van der Waals surface area contributed by atoms with E-state index >= 15 is 0 Å². The third kappa shape index (κ3) is 3.26. The molecule has 0 aliphatic heterocycles. The van der Waals surface area contributed by atoms with Crippen molar-refractivity contribution in [2.24, 2.45) is 5.92 Å². The highest BCUT2D eigenvalue weighted by Gasteiger charge is 2.29. The van der Waals surface area contributed by atoms with Crippen LogP contribution in [0.2, 0.25) is 0 Å². The predicted molar refractivity (Wildman–Crippen MR) is 75.4 cm³/mol. The lowest BCUT2D eigenvalue weighted by atomic mass is 9.85. The Kier molecular flexibility index (Phi) is 4.45. The monoisotopic (exact) mass is 329 g/mol. The van der Waals surface area contributed by atoms with Crippen molar-refractivity contribution in [1.82, 2.24) is 4.90 Å².